The molecule has 2 heterocycles. The molecular formula is C13H16N4O. The number of rotatable bonds is 4. The van der Waals surface area contributed by atoms with Crippen molar-refractivity contribution < 1.29 is 4.79 Å². The first-order valence-electron chi connectivity index (χ1n) is 5.93. The average Bonchev–Trinajstić information content (AvgIpc) is 2.89. The molecule has 0 unspecified atom stereocenters. The predicted molar refractivity (Wildman–Crippen MR) is 68.1 cm³/mol. The zero-order valence-corrected chi connectivity index (χ0v) is 10.5. The van der Waals surface area contributed by atoms with Crippen molar-refractivity contribution in [3.05, 3.63) is 47.0 Å². The Hall–Kier alpha value is -2.17. The lowest BCUT2D eigenvalue weighted by atomic mass is 10.1. The third-order valence-corrected chi connectivity index (χ3v) is 2.69. The molecule has 2 rings (SSSR count). The molecule has 0 aromatic carbocycles. The molecule has 2 N–H and O–H groups in total. The summed E-state index contributed by atoms with van der Waals surface area (Å²) in [5, 5.41) is 10.9. The maximum Gasteiger partial charge on any atom is 0.253 e. The fourth-order valence-corrected chi connectivity index (χ4v) is 1.72. The third-order valence-electron chi connectivity index (χ3n) is 2.69. The minimum atomic E-state index is -0.106. The van der Waals surface area contributed by atoms with Gasteiger partial charge < -0.3 is 10.3 Å². The molecule has 0 aliphatic heterocycles. The van der Waals surface area contributed by atoms with Gasteiger partial charge in [-0.15, -0.1) is 0 Å². The van der Waals surface area contributed by atoms with E-state index in [1.165, 1.54) is 0 Å². The number of aromatic amines is 1. The Balaban J connectivity index is 2.10. The van der Waals surface area contributed by atoms with E-state index in [4.69, 9.17) is 0 Å². The third kappa shape index (κ3) is 2.74. The summed E-state index contributed by atoms with van der Waals surface area (Å²) in [7, 11) is 0. The summed E-state index contributed by atoms with van der Waals surface area (Å²) in [6.45, 7) is 4.30. The number of aryl methyl sites for hydroxylation is 2. The second-order valence-corrected chi connectivity index (χ2v) is 4.10. The minimum Gasteiger partial charge on any atom is -0.367 e. The first-order chi connectivity index (χ1) is 8.70. The largest absolute Gasteiger partial charge is 0.367 e. The molecule has 5 nitrogen and oxygen atoms in total. The molecular weight excluding hydrogens is 228 g/mol. The fraction of sp³-hybridized carbons (Fsp3) is 0.308. The van der Waals surface area contributed by atoms with Gasteiger partial charge in [-0.2, -0.15) is 10.2 Å². The highest BCUT2D eigenvalue weighted by molar-refractivity contribution is 5.95. The van der Waals surface area contributed by atoms with E-state index in [0.29, 0.717) is 18.5 Å². The van der Waals surface area contributed by atoms with Crippen LogP contribution in [0.4, 0.5) is 0 Å². The lowest BCUT2D eigenvalue weighted by Crippen LogP contribution is -2.24. The molecule has 0 saturated heterocycles. The lowest BCUT2D eigenvalue weighted by Gasteiger charge is -2.07. The maximum atomic E-state index is 12.1. The van der Waals surface area contributed by atoms with Crippen LogP contribution < -0.4 is 5.32 Å². The summed E-state index contributed by atoms with van der Waals surface area (Å²) in [5.74, 6) is -0.106. The van der Waals surface area contributed by atoms with Gasteiger partial charge in [-0.25, -0.2) is 0 Å². The van der Waals surface area contributed by atoms with E-state index in [0.717, 1.165) is 17.0 Å². The van der Waals surface area contributed by atoms with Gasteiger partial charge in [0, 0.05) is 18.9 Å². The van der Waals surface area contributed by atoms with Crippen molar-refractivity contribution in [1.29, 1.82) is 0 Å². The van der Waals surface area contributed by atoms with Gasteiger partial charge in [-0.1, -0.05) is 6.92 Å². The monoisotopic (exact) mass is 244 g/mol. The predicted octanol–water partition coefficient (Wildman–Crippen LogP) is 1.61. The van der Waals surface area contributed by atoms with Gasteiger partial charge in [-0.05, 0) is 31.0 Å². The van der Waals surface area contributed by atoms with E-state index < -0.39 is 0 Å². The van der Waals surface area contributed by atoms with Crippen molar-refractivity contribution in [1.82, 2.24) is 20.5 Å². The quantitative estimate of drug-likeness (QED) is 0.858. The van der Waals surface area contributed by atoms with E-state index in [1.54, 1.807) is 6.07 Å². The van der Waals surface area contributed by atoms with Crippen LogP contribution in [0.15, 0.2) is 24.5 Å². The number of aromatic nitrogens is 3. The molecule has 94 valence electrons. The number of carbonyl (C=O) groups is 1. The van der Waals surface area contributed by atoms with Gasteiger partial charge >= 0.3 is 0 Å². The van der Waals surface area contributed by atoms with Gasteiger partial charge in [0.05, 0.1) is 17.0 Å². The van der Waals surface area contributed by atoms with Gasteiger partial charge in [-0.3, -0.25) is 4.79 Å². The highest BCUT2D eigenvalue weighted by atomic mass is 16.1. The van der Waals surface area contributed by atoms with Crippen LogP contribution in [0.2, 0.25) is 0 Å². The normalized spacial score (nSPS) is 10.3. The molecule has 0 spiro atoms. The van der Waals surface area contributed by atoms with Crippen LogP contribution in [0.1, 0.15) is 34.2 Å². The van der Waals surface area contributed by atoms with Crippen molar-refractivity contribution >= 4 is 5.91 Å². The number of nitrogens with one attached hydrogen (secondary N) is 2. The van der Waals surface area contributed by atoms with Crippen LogP contribution in [0.25, 0.3) is 0 Å². The molecule has 1 amide bonds. The van der Waals surface area contributed by atoms with Gasteiger partial charge in [0.1, 0.15) is 0 Å². The second-order valence-electron chi connectivity index (χ2n) is 4.10. The Morgan fingerprint density at radius 2 is 2.28 bits per heavy atom. The van der Waals surface area contributed by atoms with Crippen LogP contribution in [-0.4, -0.2) is 21.1 Å². The van der Waals surface area contributed by atoms with Crippen LogP contribution in [0.5, 0.6) is 0 Å². The van der Waals surface area contributed by atoms with Crippen molar-refractivity contribution in [2.24, 2.45) is 0 Å². The minimum absolute atomic E-state index is 0.106. The number of hydrogen-bond donors (Lipinski definition) is 2. The Labute approximate surface area is 106 Å². The number of hydrogen-bond acceptors (Lipinski definition) is 3. The van der Waals surface area contributed by atoms with E-state index in [1.807, 2.05) is 32.3 Å². The SMILES string of the molecule is CCc1nnc(C)cc1C(=O)NCc1cc[nH]c1. The lowest BCUT2D eigenvalue weighted by molar-refractivity contribution is 0.0949. The molecule has 0 saturated carbocycles. The fourth-order valence-electron chi connectivity index (χ4n) is 1.72. The summed E-state index contributed by atoms with van der Waals surface area (Å²) in [6.07, 6.45) is 4.38. The molecule has 0 aliphatic carbocycles. The second kappa shape index (κ2) is 5.44. The summed E-state index contributed by atoms with van der Waals surface area (Å²) in [6, 6.07) is 3.70. The van der Waals surface area contributed by atoms with Gasteiger partial charge in [0.15, 0.2) is 0 Å². The molecule has 2 aromatic rings. The van der Waals surface area contributed by atoms with Crippen molar-refractivity contribution in [3.63, 3.8) is 0 Å². The van der Waals surface area contributed by atoms with E-state index in [2.05, 4.69) is 20.5 Å². The molecule has 0 bridgehead atoms. The van der Waals surface area contributed by atoms with E-state index in [-0.39, 0.29) is 5.91 Å². The van der Waals surface area contributed by atoms with Crippen LogP contribution in [-0.2, 0) is 13.0 Å². The topological polar surface area (TPSA) is 70.7 Å². The summed E-state index contributed by atoms with van der Waals surface area (Å²) >= 11 is 0. The molecule has 2 aromatic heterocycles. The first kappa shape index (κ1) is 12.3. The summed E-state index contributed by atoms with van der Waals surface area (Å²) < 4.78 is 0. The summed E-state index contributed by atoms with van der Waals surface area (Å²) in [5.41, 5.74) is 3.13. The molecule has 0 radical (unpaired) electrons. The Bertz CT molecular complexity index is 534. The number of nitrogens with zero attached hydrogens (tertiary/aromatic N) is 2. The van der Waals surface area contributed by atoms with E-state index in [9.17, 15) is 4.79 Å². The number of H-pyrrole nitrogens is 1. The molecule has 0 fully saturated rings. The van der Waals surface area contributed by atoms with Crippen molar-refractivity contribution in [2.45, 2.75) is 26.8 Å². The molecule has 18 heavy (non-hydrogen) atoms. The van der Waals surface area contributed by atoms with Crippen molar-refractivity contribution in [3.8, 4) is 0 Å². The highest BCUT2D eigenvalue weighted by Gasteiger charge is 2.12. The van der Waals surface area contributed by atoms with Crippen molar-refractivity contribution in [2.75, 3.05) is 0 Å². The van der Waals surface area contributed by atoms with Crippen LogP contribution in [0.3, 0.4) is 0 Å². The van der Waals surface area contributed by atoms with Crippen LogP contribution >= 0.6 is 0 Å². The Morgan fingerprint density at radius 3 is 2.94 bits per heavy atom. The van der Waals surface area contributed by atoms with Gasteiger partial charge in [0.25, 0.3) is 5.91 Å². The Morgan fingerprint density at radius 1 is 1.44 bits per heavy atom. The highest BCUT2D eigenvalue weighted by Crippen LogP contribution is 2.08. The molecule has 0 atom stereocenters. The first-order valence-corrected chi connectivity index (χ1v) is 5.93. The smallest absolute Gasteiger partial charge is 0.253 e. The maximum absolute atomic E-state index is 12.1. The molecule has 0 aliphatic rings. The van der Waals surface area contributed by atoms with Gasteiger partial charge in [0.2, 0.25) is 0 Å². The van der Waals surface area contributed by atoms with Crippen LogP contribution in [0, 0.1) is 6.92 Å². The standard InChI is InChI=1S/C13H16N4O/c1-3-12-11(6-9(2)16-17-12)13(18)15-8-10-4-5-14-7-10/h4-7,14H,3,8H2,1-2H3,(H,15,18). The molecule has 5 heteroatoms. The number of carbonyl (C=O) groups excluding carboxylic acids is 1. The van der Waals surface area contributed by atoms with E-state index >= 15 is 0 Å². The zero-order chi connectivity index (χ0) is 13.0. The summed E-state index contributed by atoms with van der Waals surface area (Å²) in [4.78, 5) is 15.0. The Kier molecular flexibility index (Phi) is 3.72. The average molecular weight is 244 g/mol. The zero-order valence-electron chi connectivity index (χ0n) is 10.5. The number of amides is 1.